The number of nitrogens with zero attached hydrogens (tertiary/aromatic N) is 3. The highest BCUT2D eigenvalue weighted by molar-refractivity contribution is 7.09. The Balaban J connectivity index is 2.70. The molecule has 0 aliphatic heterocycles. The zero-order valence-corrected chi connectivity index (χ0v) is 10.6. The molecule has 2 aromatic heterocycles. The van der Waals surface area contributed by atoms with Gasteiger partial charge in [-0.15, -0.1) is 11.3 Å². The van der Waals surface area contributed by atoms with Gasteiger partial charge in [0, 0.05) is 17.8 Å². The van der Waals surface area contributed by atoms with Crippen LogP contribution in [0.4, 0.5) is 0 Å². The standard InChI is InChI=1S/C11H10N4O2S/c1-11(2,9-13-3-4-18-9)15-6-7(5-12)8(16)14-10(15)17/h3-4,6H,1-2H3,(H,14,16,17). The van der Waals surface area contributed by atoms with E-state index in [2.05, 4.69) is 9.97 Å². The van der Waals surface area contributed by atoms with Gasteiger partial charge in [-0.25, -0.2) is 9.78 Å². The number of rotatable bonds is 2. The summed E-state index contributed by atoms with van der Waals surface area (Å²) in [6.45, 7) is 3.60. The average Bonchev–Trinajstić information content (AvgIpc) is 2.82. The van der Waals surface area contributed by atoms with E-state index in [0.717, 1.165) is 5.01 Å². The Kier molecular flexibility index (Phi) is 2.88. The van der Waals surface area contributed by atoms with Gasteiger partial charge in [0.05, 0.1) is 5.54 Å². The molecule has 0 bridgehead atoms. The van der Waals surface area contributed by atoms with Crippen molar-refractivity contribution >= 4 is 11.3 Å². The molecule has 0 saturated heterocycles. The molecule has 0 amide bonds. The summed E-state index contributed by atoms with van der Waals surface area (Å²) < 4.78 is 1.31. The summed E-state index contributed by atoms with van der Waals surface area (Å²) in [4.78, 5) is 29.5. The van der Waals surface area contributed by atoms with E-state index in [1.807, 2.05) is 0 Å². The smallest absolute Gasteiger partial charge is 0.287 e. The third-order valence-electron chi connectivity index (χ3n) is 2.62. The molecule has 0 saturated carbocycles. The molecule has 0 atom stereocenters. The number of nitriles is 1. The molecular weight excluding hydrogens is 252 g/mol. The van der Waals surface area contributed by atoms with E-state index in [4.69, 9.17) is 5.26 Å². The third-order valence-corrected chi connectivity index (χ3v) is 3.71. The quantitative estimate of drug-likeness (QED) is 0.860. The van der Waals surface area contributed by atoms with Gasteiger partial charge in [-0.1, -0.05) is 0 Å². The van der Waals surface area contributed by atoms with Crippen LogP contribution in [0.25, 0.3) is 0 Å². The fourth-order valence-corrected chi connectivity index (χ4v) is 2.35. The molecule has 0 aromatic carbocycles. The van der Waals surface area contributed by atoms with Gasteiger partial charge in [0.1, 0.15) is 16.6 Å². The maximum absolute atomic E-state index is 11.8. The van der Waals surface area contributed by atoms with E-state index in [0.29, 0.717) is 0 Å². The van der Waals surface area contributed by atoms with Crippen LogP contribution in [0.1, 0.15) is 24.4 Å². The highest BCUT2D eigenvalue weighted by atomic mass is 32.1. The summed E-state index contributed by atoms with van der Waals surface area (Å²) >= 11 is 1.41. The van der Waals surface area contributed by atoms with Crippen molar-refractivity contribution < 1.29 is 0 Å². The first-order valence-corrected chi connectivity index (χ1v) is 6.01. The highest BCUT2D eigenvalue weighted by Gasteiger charge is 2.27. The van der Waals surface area contributed by atoms with Crippen molar-refractivity contribution in [2.45, 2.75) is 19.4 Å². The number of aromatic amines is 1. The minimum Gasteiger partial charge on any atom is -0.287 e. The highest BCUT2D eigenvalue weighted by Crippen LogP contribution is 2.25. The lowest BCUT2D eigenvalue weighted by atomic mass is 10.1. The van der Waals surface area contributed by atoms with Crippen molar-refractivity contribution in [3.05, 3.63) is 49.2 Å². The van der Waals surface area contributed by atoms with Crippen LogP contribution < -0.4 is 11.2 Å². The normalized spacial score (nSPS) is 11.2. The van der Waals surface area contributed by atoms with Gasteiger partial charge in [-0.2, -0.15) is 5.26 Å². The van der Waals surface area contributed by atoms with Crippen molar-refractivity contribution in [2.75, 3.05) is 0 Å². The maximum atomic E-state index is 11.8. The number of hydrogen-bond acceptors (Lipinski definition) is 5. The molecular formula is C11H10N4O2S. The molecule has 0 fully saturated rings. The van der Waals surface area contributed by atoms with Crippen LogP contribution >= 0.6 is 11.3 Å². The molecule has 18 heavy (non-hydrogen) atoms. The van der Waals surface area contributed by atoms with Gasteiger partial charge in [-0.05, 0) is 13.8 Å². The van der Waals surface area contributed by atoms with Crippen molar-refractivity contribution in [2.24, 2.45) is 0 Å². The average molecular weight is 262 g/mol. The number of nitrogens with one attached hydrogen (secondary N) is 1. The van der Waals surface area contributed by atoms with Crippen LogP contribution in [0.15, 0.2) is 27.4 Å². The molecule has 2 aromatic rings. The fourth-order valence-electron chi connectivity index (χ4n) is 1.59. The molecule has 0 spiro atoms. The second kappa shape index (κ2) is 4.23. The molecule has 2 heterocycles. The van der Waals surface area contributed by atoms with Gasteiger partial charge in [-0.3, -0.25) is 14.3 Å². The molecule has 2 rings (SSSR count). The predicted octanol–water partition coefficient (Wildman–Crippen LogP) is 0.648. The minimum absolute atomic E-state index is 0.0979. The second-order valence-electron chi connectivity index (χ2n) is 4.18. The topological polar surface area (TPSA) is 91.5 Å². The molecule has 0 aliphatic carbocycles. The van der Waals surface area contributed by atoms with Crippen LogP contribution in [0.2, 0.25) is 0 Å². The number of H-pyrrole nitrogens is 1. The molecule has 0 unspecified atom stereocenters. The molecule has 1 N–H and O–H groups in total. The Labute approximate surface area is 106 Å². The van der Waals surface area contributed by atoms with Crippen LogP contribution in [0, 0.1) is 11.3 Å². The van der Waals surface area contributed by atoms with Crippen LogP contribution in [-0.2, 0) is 5.54 Å². The lowest BCUT2D eigenvalue weighted by molar-refractivity contribution is 0.410. The van der Waals surface area contributed by atoms with E-state index in [9.17, 15) is 9.59 Å². The maximum Gasteiger partial charge on any atom is 0.329 e. The van der Waals surface area contributed by atoms with E-state index in [1.165, 1.54) is 22.1 Å². The summed E-state index contributed by atoms with van der Waals surface area (Å²) in [5.41, 5.74) is -2.05. The largest absolute Gasteiger partial charge is 0.329 e. The molecule has 0 radical (unpaired) electrons. The van der Waals surface area contributed by atoms with Gasteiger partial charge >= 0.3 is 5.69 Å². The summed E-state index contributed by atoms with van der Waals surface area (Å²) in [7, 11) is 0. The molecule has 0 aliphatic rings. The van der Waals surface area contributed by atoms with Gasteiger partial charge in [0.15, 0.2) is 0 Å². The molecule has 92 valence electrons. The fraction of sp³-hybridized carbons (Fsp3) is 0.273. The van der Waals surface area contributed by atoms with Gasteiger partial charge in [0.2, 0.25) is 0 Å². The first-order chi connectivity index (χ1) is 8.46. The Hall–Kier alpha value is -2.20. The SMILES string of the molecule is CC(C)(c1nccs1)n1cc(C#N)c(=O)[nH]c1=O. The van der Waals surface area contributed by atoms with Crippen LogP contribution in [0.5, 0.6) is 0 Å². The van der Waals surface area contributed by atoms with E-state index in [1.54, 1.807) is 31.5 Å². The summed E-state index contributed by atoms with van der Waals surface area (Å²) in [5, 5.41) is 11.4. The summed E-state index contributed by atoms with van der Waals surface area (Å²) in [5.74, 6) is 0. The number of aromatic nitrogens is 3. The second-order valence-corrected chi connectivity index (χ2v) is 5.07. The monoisotopic (exact) mass is 262 g/mol. The van der Waals surface area contributed by atoms with Crippen molar-refractivity contribution in [3.8, 4) is 6.07 Å². The lowest BCUT2D eigenvalue weighted by Gasteiger charge is -2.24. The lowest BCUT2D eigenvalue weighted by Crippen LogP contribution is -2.41. The number of hydrogen-bond donors (Lipinski definition) is 1. The van der Waals surface area contributed by atoms with Gasteiger partial charge in [0.25, 0.3) is 5.56 Å². The first kappa shape index (κ1) is 12.3. The molecule has 7 heteroatoms. The summed E-state index contributed by atoms with van der Waals surface area (Å²) in [6.07, 6.45) is 2.91. The van der Waals surface area contributed by atoms with Crippen molar-refractivity contribution in [1.29, 1.82) is 5.26 Å². The third kappa shape index (κ3) is 1.87. The molecule has 6 nitrogen and oxygen atoms in total. The van der Waals surface area contributed by atoms with E-state index >= 15 is 0 Å². The predicted molar refractivity (Wildman–Crippen MR) is 66.6 cm³/mol. The van der Waals surface area contributed by atoms with Crippen molar-refractivity contribution in [3.63, 3.8) is 0 Å². The Morgan fingerprint density at radius 3 is 2.78 bits per heavy atom. The first-order valence-electron chi connectivity index (χ1n) is 5.13. The van der Waals surface area contributed by atoms with Crippen molar-refractivity contribution in [1.82, 2.24) is 14.5 Å². The Bertz CT molecular complexity index is 719. The van der Waals surface area contributed by atoms with Gasteiger partial charge < -0.3 is 0 Å². The zero-order chi connectivity index (χ0) is 13.3. The van der Waals surface area contributed by atoms with Crippen LogP contribution in [-0.4, -0.2) is 14.5 Å². The Morgan fingerprint density at radius 2 is 2.22 bits per heavy atom. The van der Waals surface area contributed by atoms with E-state index < -0.39 is 16.8 Å². The van der Waals surface area contributed by atoms with E-state index in [-0.39, 0.29) is 5.56 Å². The Morgan fingerprint density at radius 1 is 1.50 bits per heavy atom. The number of thiazole rings is 1. The minimum atomic E-state index is -0.721. The van der Waals surface area contributed by atoms with Crippen LogP contribution in [0.3, 0.4) is 0 Å². The summed E-state index contributed by atoms with van der Waals surface area (Å²) in [6, 6.07) is 1.76. The zero-order valence-electron chi connectivity index (χ0n) is 9.80.